The number of aromatic nitrogens is 2. The van der Waals surface area contributed by atoms with Gasteiger partial charge in [0.2, 0.25) is 0 Å². The number of para-hydroxylation sites is 1. The second kappa shape index (κ2) is 14.6. The fourth-order valence-corrected chi connectivity index (χ4v) is 8.17. The summed E-state index contributed by atoms with van der Waals surface area (Å²) < 4.78 is 6.23. The standard InChI is InChI=1S/C56H36N2O/c1-4-12-37(13-5-1)39-20-22-40(23-21-39)52-36-53(58-56(57-52)41-16-8-3-9-17-41)49-33-47(45-27-26-43-30-42(24-25-44(43)31-45)38-14-6-2-7-15-38)32-48(34-49)46-28-29-55-51(35-46)50-18-10-11-19-54(50)59-55/h1-36H. The van der Waals surface area contributed by atoms with E-state index >= 15 is 0 Å². The number of rotatable bonds is 7. The molecule has 276 valence electrons. The summed E-state index contributed by atoms with van der Waals surface area (Å²) >= 11 is 0. The molecule has 9 aromatic carbocycles. The zero-order valence-electron chi connectivity index (χ0n) is 32.1. The maximum Gasteiger partial charge on any atom is 0.160 e. The maximum atomic E-state index is 6.23. The maximum absolute atomic E-state index is 6.23. The average molecular weight is 753 g/mol. The molecule has 3 nitrogen and oxygen atoms in total. The van der Waals surface area contributed by atoms with E-state index in [0.717, 1.165) is 72.3 Å². The molecule has 2 aromatic heterocycles. The van der Waals surface area contributed by atoms with Crippen molar-refractivity contribution in [3.05, 3.63) is 218 Å². The molecule has 0 atom stereocenters. The van der Waals surface area contributed by atoms with E-state index in [9.17, 15) is 0 Å². The summed E-state index contributed by atoms with van der Waals surface area (Å²) in [5.74, 6) is 0.684. The molecule has 0 spiro atoms. The highest BCUT2D eigenvalue weighted by atomic mass is 16.3. The summed E-state index contributed by atoms with van der Waals surface area (Å²) in [6.07, 6.45) is 0. The van der Waals surface area contributed by atoms with E-state index in [0.29, 0.717) is 5.82 Å². The van der Waals surface area contributed by atoms with Crippen molar-refractivity contribution >= 4 is 32.7 Å². The fourth-order valence-electron chi connectivity index (χ4n) is 8.17. The molecule has 2 heterocycles. The lowest BCUT2D eigenvalue weighted by atomic mass is 9.92. The van der Waals surface area contributed by atoms with Crippen molar-refractivity contribution in [2.24, 2.45) is 0 Å². The molecule has 0 N–H and O–H groups in total. The molecule has 0 aliphatic carbocycles. The minimum atomic E-state index is 0.684. The lowest BCUT2D eigenvalue weighted by Crippen LogP contribution is -1.96. The van der Waals surface area contributed by atoms with Gasteiger partial charge >= 0.3 is 0 Å². The van der Waals surface area contributed by atoms with E-state index in [-0.39, 0.29) is 0 Å². The van der Waals surface area contributed by atoms with Gasteiger partial charge in [-0.1, -0.05) is 164 Å². The van der Waals surface area contributed by atoms with Crippen LogP contribution in [0.5, 0.6) is 0 Å². The predicted molar refractivity (Wildman–Crippen MR) is 245 cm³/mol. The van der Waals surface area contributed by atoms with Gasteiger partial charge in [0.05, 0.1) is 11.4 Å². The largest absolute Gasteiger partial charge is 0.456 e. The van der Waals surface area contributed by atoms with Crippen LogP contribution in [0.3, 0.4) is 0 Å². The van der Waals surface area contributed by atoms with Gasteiger partial charge in [-0.05, 0) is 110 Å². The van der Waals surface area contributed by atoms with Crippen LogP contribution in [0, 0.1) is 0 Å². The minimum Gasteiger partial charge on any atom is -0.456 e. The first-order valence-corrected chi connectivity index (χ1v) is 20.0. The lowest BCUT2D eigenvalue weighted by Gasteiger charge is -2.14. The highest BCUT2D eigenvalue weighted by molar-refractivity contribution is 6.06. The van der Waals surface area contributed by atoms with Crippen molar-refractivity contribution in [2.75, 3.05) is 0 Å². The SMILES string of the molecule is c1ccc(-c2ccc(-c3cc(-c4cc(-c5ccc6cc(-c7ccccc7)ccc6c5)cc(-c5ccc6oc7ccccc7c6c5)c4)nc(-c4ccccc4)n3)cc2)cc1. The first kappa shape index (κ1) is 34.4. The van der Waals surface area contributed by atoms with Gasteiger partial charge in [-0.25, -0.2) is 9.97 Å². The molecule has 11 rings (SSSR count). The molecule has 59 heavy (non-hydrogen) atoms. The Morgan fingerprint density at radius 1 is 0.254 bits per heavy atom. The van der Waals surface area contributed by atoms with Gasteiger partial charge in [-0.2, -0.15) is 0 Å². The first-order valence-electron chi connectivity index (χ1n) is 20.0. The van der Waals surface area contributed by atoms with E-state index in [1.807, 2.05) is 36.4 Å². The van der Waals surface area contributed by atoms with Gasteiger partial charge in [0.15, 0.2) is 5.82 Å². The third-order valence-electron chi connectivity index (χ3n) is 11.3. The molecule has 0 unspecified atom stereocenters. The number of benzene rings is 9. The second-order valence-corrected chi connectivity index (χ2v) is 15.0. The van der Waals surface area contributed by atoms with Crippen LogP contribution in [-0.4, -0.2) is 9.97 Å². The third kappa shape index (κ3) is 6.65. The Labute approximate surface area is 342 Å². The Balaban J connectivity index is 1.08. The molecule has 0 aliphatic rings. The Bertz CT molecular complexity index is 3300. The van der Waals surface area contributed by atoms with Crippen molar-refractivity contribution in [1.29, 1.82) is 0 Å². The predicted octanol–water partition coefficient (Wildman–Crippen LogP) is 15.2. The van der Waals surface area contributed by atoms with Crippen molar-refractivity contribution < 1.29 is 4.42 Å². The first-order chi connectivity index (χ1) is 29.2. The van der Waals surface area contributed by atoms with Crippen molar-refractivity contribution in [3.8, 4) is 78.4 Å². The van der Waals surface area contributed by atoms with Crippen LogP contribution in [0.4, 0.5) is 0 Å². The van der Waals surface area contributed by atoms with Gasteiger partial charge in [-0.3, -0.25) is 0 Å². The number of nitrogens with zero attached hydrogens (tertiary/aromatic N) is 2. The molecule has 0 saturated heterocycles. The monoisotopic (exact) mass is 752 g/mol. The van der Waals surface area contributed by atoms with E-state index in [1.165, 1.54) is 33.0 Å². The quantitative estimate of drug-likeness (QED) is 0.163. The second-order valence-electron chi connectivity index (χ2n) is 15.0. The zero-order valence-corrected chi connectivity index (χ0v) is 32.1. The molecule has 0 saturated carbocycles. The third-order valence-corrected chi connectivity index (χ3v) is 11.3. The highest BCUT2D eigenvalue weighted by Crippen LogP contribution is 2.38. The Morgan fingerprint density at radius 2 is 0.695 bits per heavy atom. The smallest absolute Gasteiger partial charge is 0.160 e. The van der Waals surface area contributed by atoms with Crippen LogP contribution >= 0.6 is 0 Å². The molecule has 0 fully saturated rings. The molecule has 11 aromatic rings. The van der Waals surface area contributed by atoms with Crippen LogP contribution in [0.25, 0.3) is 111 Å². The summed E-state index contributed by atoms with van der Waals surface area (Å²) in [6, 6.07) is 77.2. The molecular weight excluding hydrogens is 717 g/mol. The molecule has 0 amide bonds. The Hall–Kier alpha value is -7.88. The van der Waals surface area contributed by atoms with Crippen molar-refractivity contribution in [1.82, 2.24) is 9.97 Å². The highest BCUT2D eigenvalue weighted by Gasteiger charge is 2.16. The lowest BCUT2D eigenvalue weighted by molar-refractivity contribution is 0.669. The van der Waals surface area contributed by atoms with Gasteiger partial charge in [0.1, 0.15) is 11.2 Å². The van der Waals surface area contributed by atoms with Gasteiger partial charge in [-0.15, -0.1) is 0 Å². The number of furan rings is 1. The topological polar surface area (TPSA) is 38.9 Å². The average Bonchev–Trinajstić information content (AvgIpc) is 3.70. The Morgan fingerprint density at radius 3 is 1.36 bits per heavy atom. The molecule has 0 bridgehead atoms. The van der Waals surface area contributed by atoms with Crippen LogP contribution in [-0.2, 0) is 0 Å². The summed E-state index contributed by atoms with van der Waals surface area (Å²) in [6.45, 7) is 0. The molecular formula is C56H36N2O. The summed E-state index contributed by atoms with van der Waals surface area (Å²) in [5.41, 5.74) is 15.7. The van der Waals surface area contributed by atoms with Gasteiger partial charge in [0, 0.05) is 27.5 Å². The number of fused-ring (bicyclic) bond motifs is 4. The molecule has 0 radical (unpaired) electrons. The van der Waals surface area contributed by atoms with Crippen LogP contribution in [0.2, 0.25) is 0 Å². The van der Waals surface area contributed by atoms with E-state index in [1.54, 1.807) is 0 Å². The van der Waals surface area contributed by atoms with E-state index < -0.39 is 0 Å². The van der Waals surface area contributed by atoms with Crippen LogP contribution in [0.15, 0.2) is 223 Å². The molecule has 0 aliphatic heterocycles. The van der Waals surface area contributed by atoms with Crippen LogP contribution in [0.1, 0.15) is 0 Å². The fraction of sp³-hybridized carbons (Fsp3) is 0. The minimum absolute atomic E-state index is 0.684. The van der Waals surface area contributed by atoms with Gasteiger partial charge in [0.25, 0.3) is 0 Å². The molecule has 3 heteroatoms. The van der Waals surface area contributed by atoms with E-state index in [2.05, 4.69) is 182 Å². The normalized spacial score (nSPS) is 11.4. The summed E-state index contributed by atoms with van der Waals surface area (Å²) in [7, 11) is 0. The summed E-state index contributed by atoms with van der Waals surface area (Å²) in [5, 5.41) is 4.60. The van der Waals surface area contributed by atoms with Gasteiger partial charge < -0.3 is 4.42 Å². The number of hydrogen-bond acceptors (Lipinski definition) is 3. The Kier molecular flexibility index (Phi) is 8.49. The van der Waals surface area contributed by atoms with Crippen molar-refractivity contribution in [3.63, 3.8) is 0 Å². The number of hydrogen-bond donors (Lipinski definition) is 0. The van der Waals surface area contributed by atoms with E-state index in [4.69, 9.17) is 14.4 Å². The van der Waals surface area contributed by atoms with Crippen molar-refractivity contribution in [2.45, 2.75) is 0 Å². The zero-order chi connectivity index (χ0) is 39.1. The summed E-state index contributed by atoms with van der Waals surface area (Å²) in [4.78, 5) is 10.4. The van der Waals surface area contributed by atoms with Crippen LogP contribution < -0.4 is 0 Å².